The van der Waals surface area contributed by atoms with Crippen LogP contribution in [0, 0.1) is 5.92 Å². The Morgan fingerprint density at radius 3 is 2.81 bits per heavy atom. The molecule has 1 aromatic heterocycles. The summed E-state index contributed by atoms with van der Waals surface area (Å²) in [6.07, 6.45) is 3.67. The summed E-state index contributed by atoms with van der Waals surface area (Å²) >= 11 is 6.23. The summed E-state index contributed by atoms with van der Waals surface area (Å²) in [4.78, 5) is 12.4. The number of carbonyl (C=O) groups excluding carboxylic acids is 1. The number of aromatic nitrogens is 3. The Hall–Kier alpha value is -1.83. The van der Waals surface area contributed by atoms with E-state index < -0.39 is 0 Å². The minimum absolute atomic E-state index is 0. The highest BCUT2D eigenvalue weighted by atomic mass is 35.5. The van der Waals surface area contributed by atoms with Crippen LogP contribution in [0.4, 0.5) is 5.69 Å². The van der Waals surface area contributed by atoms with Crippen LogP contribution < -0.4 is 15.4 Å². The second kappa shape index (κ2) is 9.92. The number of nitrogens with one attached hydrogen (secondary N) is 2. The average molecular weight is 414 g/mol. The standard InChI is InChI=1S/C18H24ClN5O2.ClH/c1-12(2)11-26-17-4-3-13(9-15(17)19)21-18(25)16-10-24(23-22-16)14-5-7-20-8-6-14;/h3-4,9-10,12,14,20H,5-8,11H2,1-2H3,(H,21,25);1H. The number of rotatable bonds is 6. The zero-order valence-electron chi connectivity index (χ0n) is 15.4. The van der Waals surface area contributed by atoms with E-state index in [4.69, 9.17) is 16.3 Å². The van der Waals surface area contributed by atoms with Crippen molar-refractivity contribution < 1.29 is 9.53 Å². The van der Waals surface area contributed by atoms with E-state index >= 15 is 0 Å². The van der Waals surface area contributed by atoms with Crippen LogP contribution in [0.3, 0.4) is 0 Å². The Bertz CT molecular complexity index is 760. The van der Waals surface area contributed by atoms with Crippen molar-refractivity contribution in [2.24, 2.45) is 5.92 Å². The number of nitrogens with zero attached hydrogens (tertiary/aromatic N) is 3. The molecule has 0 spiro atoms. The number of halogens is 2. The summed E-state index contributed by atoms with van der Waals surface area (Å²) in [6.45, 7) is 6.63. The summed E-state index contributed by atoms with van der Waals surface area (Å²) in [6, 6.07) is 5.48. The van der Waals surface area contributed by atoms with Crippen LogP contribution in [0.15, 0.2) is 24.4 Å². The Morgan fingerprint density at radius 1 is 1.41 bits per heavy atom. The molecule has 0 atom stereocenters. The van der Waals surface area contributed by atoms with Crippen molar-refractivity contribution in [1.29, 1.82) is 0 Å². The number of anilines is 1. The minimum Gasteiger partial charge on any atom is -0.492 e. The lowest BCUT2D eigenvalue weighted by Gasteiger charge is -2.22. The molecule has 0 saturated carbocycles. The zero-order chi connectivity index (χ0) is 18.5. The number of carbonyl (C=O) groups is 1. The monoisotopic (exact) mass is 413 g/mol. The first-order chi connectivity index (χ1) is 12.5. The number of amides is 1. The van der Waals surface area contributed by atoms with Gasteiger partial charge < -0.3 is 15.4 Å². The molecule has 1 amide bonds. The van der Waals surface area contributed by atoms with Gasteiger partial charge in [-0.3, -0.25) is 4.79 Å². The van der Waals surface area contributed by atoms with E-state index in [0.29, 0.717) is 34.7 Å². The lowest BCUT2D eigenvalue weighted by Crippen LogP contribution is -2.29. The number of piperidine rings is 1. The Morgan fingerprint density at radius 2 is 2.15 bits per heavy atom. The summed E-state index contributed by atoms with van der Waals surface area (Å²) < 4.78 is 7.42. The van der Waals surface area contributed by atoms with Gasteiger partial charge in [-0.2, -0.15) is 0 Å². The fourth-order valence-corrected chi connectivity index (χ4v) is 3.01. The Kier molecular flexibility index (Phi) is 7.89. The largest absolute Gasteiger partial charge is 0.492 e. The highest BCUT2D eigenvalue weighted by Gasteiger charge is 2.19. The van der Waals surface area contributed by atoms with Gasteiger partial charge in [-0.1, -0.05) is 30.7 Å². The lowest BCUT2D eigenvalue weighted by atomic mass is 10.1. The van der Waals surface area contributed by atoms with Crippen LogP contribution in [0.5, 0.6) is 5.75 Å². The van der Waals surface area contributed by atoms with Gasteiger partial charge in [0.25, 0.3) is 5.91 Å². The van der Waals surface area contributed by atoms with Crippen molar-refractivity contribution in [3.8, 4) is 5.75 Å². The third-order valence-corrected chi connectivity index (χ3v) is 4.48. The molecule has 1 aromatic carbocycles. The smallest absolute Gasteiger partial charge is 0.277 e. The molecule has 2 N–H and O–H groups in total. The molecular formula is C18H25Cl2N5O2. The molecule has 0 aliphatic carbocycles. The fourth-order valence-electron chi connectivity index (χ4n) is 2.78. The molecular weight excluding hydrogens is 389 g/mol. The molecule has 1 aliphatic rings. The number of ether oxygens (including phenoxy) is 1. The summed E-state index contributed by atoms with van der Waals surface area (Å²) in [7, 11) is 0. The number of hydrogen-bond acceptors (Lipinski definition) is 5. The van der Waals surface area contributed by atoms with E-state index in [9.17, 15) is 4.79 Å². The van der Waals surface area contributed by atoms with Gasteiger partial charge in [-0.05, 0) is 50.0 Å². The van der Waals surface area contributed by atoms with Crippen LogP contribution in [0.2, 0.25) is 5.02 Å². The zero-order valence-corrected chi connectivity index (χ0v) is 17.0. The third kappa shape index (κ3) is 5.82. The van der Waals surface area contributed by atoms with Gasteiger partial charge >= 0.3 is 0 Å². The maximum absolute atomic E-state index is 12.4. The van der Waals surface area contributed by atoms with Crippen molar-refractivity contribution in [3.63, 3.8) is 0 Å². The normalized spacial score (nSPS) is 14.7. The van der Waals surface area contributed by atoms with E-state index in [1.807, 2.05) is 0 Å². The molecule has 0 radical (unpaired) electrons. The first-order valence-electron chi connectivity index (χ1n) is 8.89. The topological polar surface area (TPSA) is 81.1 Å². The van der Waals surface area contributed by atoms with Gasteiger partial charge in [-0.25, -0.2) is 4.68 Å². The van der Waals surface area contributed by atoms with Crippen LogP contribution in [0.1, 0.15) is 43.2 Å². The quantitative estimate of drug-likeness (QED) is 0.756. The SMILES string of the molecule is CC(C)COc1ccc(NC(=O)c2cn(C3CCNCC3)nn2)cc1Cl.Cl. The molecule has 7 nitrogen and oxygen atoms in total. The second-order valence-corrected chi connectivity index (χ2v) is 7.28. The molecule has 3 rings (SSSR count). The van der Waals surface area contributed by atoms with Crippen LogP contribution in [-0.4, -0.2) is 40.6 Å². The predicted octanol–water partition coefficient (Wildman–Crippen LogP) is 3.56. The van der Waals surface area contributed by atoms with Crippen molar-refractivity contribution in [3.05, 3.63) is 35.1 Å². The fraction of sp³-hybridized carbons (Fsp3) is 0.500. The van der Waals surface area contributed by atoms with E-state index in [1.54, 1.807) is 29.1 Å². The van der Waals surface area contributed by atoms with Gasteiger partial charge in [0.15, 0.2) is 5.69 Å². The molecule has 27 heavy (non-hydrogen) atoms. The highest BCUT2D eigenvalue weighted by molar-refractivity contribution is 6.32. The molecule has 2 heterocycles. The van der Waals surface area contributed by atoms with E-state index in [2.05, 4.69) is 34.8 Å². The first-order valence-corrected chi connectivity index (χ1v) is 9.27. The van der Waals surface area contributed by atoms with Crippen LogP contribution in [0.25, 0.3) is 0 Å². The highest BCUT2D eigenvalue weighted by Crippen LogP contribution is 2.28. The lowest BCUT2D eigenvalue weighted by molar-refractivity contribution is 0.102. The summed E-state index contributed by atoms with van der Waals surface area (Å²) in [5.74, 6) is 0.709. The summed E-state index contributed by atoms with van der Waals surface area (Å²) in [5.41, 5.74) is 0.883. The molecule has 9 heteroatoms. The van der Waals surface area contributed by atoms with Crippen molar-refractivity contribution >= 4 is 35.6 Å². The van der Waals surface area contributed by atoms with Crippen molar-refractivity contribution in [2.75, 3.05) is 25.0 Å². The predicted molar refractivity (Wildman–Crippen MR) is 108 cm³/mol. The van der Waals surface area contributed by atoms with Gasteiger partial charge in [0.1, 0.15) is 5.75 Å². The molecule has 1 fully saturated rings. The van der Waals surface area contributed by atoms with Gasteiger partial charge in [0, 0.05) is 5.69 Å². The molecule has 2 aromatic rings. The Labute approximate surface area is 170 Å². The minimum atomic E-state index is -0.308. The van der Waals surface area contributed by atoms with Crippen LogP contribution in [-0.2, 0) is 0 Å². The Balaban J connectivity index is 0.00000261. The van der Waals surface area contributed by atoms with E-state index in [1.165, 1.54) is 0 Å². The molecule has 148 valence electrons. The third-order valence-electron chi connectivity index (χ3n) is 4.19. The second-order valence-electron chi connectivity index (χ2n) is 6.87. The van der Waals surface area contributed by atoms with Gasteiger partial charge in [0.05, 0.1) is 23.9 Å². The molecule has 1 aliphatic heterocycles. The molecule has 0 unspecified atom stereocenters. The van der Waals surface area contributed by atoms with Crippen LogP contribution >= 0.6 is 24.0 Å². The maximum Gasteiger partial charge on any atom is 0.277 e. The van der Waals surface area contributed by atoms with Gasteiger partial charge in [-0.15, -0.1) is 17.5 Å². The molecule has 1 saturated heterocycles. The van der Waals surface area contributed by atoms with Crippen molar-refractivity contribution in [2.45, 2.75) is 32.7 Å². The maximum atomic E-state index is 12.4. The molecule has 0 bridgehead atoms. The number of hydrogen-bond donors (Lipinski definition) is 2. The van der Waals surface area contributed by atoms with Crippen molar-refractivity contribution in [1.82, 2.24) is 20.3 Å². The van der Waals surface area contributed by atoms with E-state index in [0.717, 1.165) is 25.9 Å². The van der Waals surface area contributed by atoms with E-state index in [-0.39, 0.29) is 24.4 Å². The van der Waals surface area contributed by atoms with Gasteiger partial charge in [0.2, 0.25) is 0 Å². The first kappa shape index (κ1) is 21.5. The number of benzene rings is 1. The summed E-state index contributed by atoms with van der Waals surface area (Å²) in [5, 5.41) is 14.7. The average Bonchev–Trinajstić information content (AvgIpc) is 3.12.